The van der Waals surface area contributed by atoms with Crippen molar-refractivity contribution in [1.29, 1.82) is 5.26 Å². The molecule has 4 heteroatoms. The molecule has 0 saturated heterocycles. The first-order chi connectivity index (χ1) is 9.72. The number of nitriles is 1. The number of pyridine rings is 1. The Hall–Kier alpha value is -2.54. The molecule has 1 unspecified atom stereocenters. The van der Waals surface area contributed by atoms with Crippen molar-refractivity contribution in [2.24, 2.45) is 0 Å². The van der Waals surface area contributed by atoms with Gasteiger partial charge in [-0.3, -0.25) is 0 Å². The molecule has 0 fully saturated rings. The van der Waals surface area contributed by atoms with E-state index in [-0.39, 0.29) is 6.04 Å². The van der Waals surface area contributed by atoms with E-state index in [0.717, 1.165) is 17.0 Å². The number of rotatable bonds is 5. The summed E-state index contributed by atoms with van der Waals surface area (Å²) in [5, 5.41) is 12.1. The van der Waals surface area contributed by atoms with Crippen LogP contribution in [0, 0.1) is 11.3 Å². The molecule has 2 rings (SSSR count). The van der Waals surface area contributed by atoms with E-state index in [0.29, 0.717) is 12.3 Å². The molecular weight excluding hydrogens is 250 g/mol. The summed E-state index contributed by atoms with van der Waals surface area (Å²) in [6.07, 6.45) is 1.67. The summed E-state index contributed by atoms with van der Waals surface area (Å²) < 4.78 is 5.42. The molecule has 1 aromatic carbocycles. The van der Waals surface area contributed by atoms with Gasteiger partial charge >= 0.3 is 0 Å². The molecule has 0 radical (unpaired) electrons. The van der Waals surface area contributed by atoms with Gasteiger partial charge in [0.25, 0.3) is 0 Å². The minimum Gasteiger partial charge on any atom is -0.494 e. The number of anilines is 1. The first-order valence-electron chi connectivity index (χ1n) is 6.58. The molecule has 20 heavy (non-hydrogen) atoms. The van der Waals surface area contributed by atoms with Gasteiger partial charge in [0.05, 0.1) is 18.5 Å². The standard InChI is InChI=1S/C16H17N3O/c1-3-20-16-8-4-13(5-9-16)12(2)19-15-7-6-14(10-17)18-11-15/h4-9,11-12,19H,3H2,1-2H3. The second kappa shape index (κ2) is 6.58. The largest absolute Gasteiger partial charge is 0.494 e. The van der Waals surface area contributed by atoms with Gasteiger partial charge in [0.2, 0.25) is 0 Å². The van der Waals surface area contributed by atoms with Gasteiger partial charge in [-0.15, -0.1) is 0 Å². The Morgan fingerprint density at radius 1 is 1.25 bits per heavy atom. The quantitative estimate of drug-likeness (QED) is 0.900. The van der Waals surface area contributed by atoms with E-state index in [9.17, 15) is 0 Å². The highest BCUT2D eigenvalue weighted by atomic mass is 16.5. The van der Waals surface area contributed by atoms with Crippen molar-refractivity contribution in [1.82, 2.24) is 4.98 Å². The van der Waals surface area contributed by atoms with Crippen LogP contribution >= 0.6 is 0 Å². The SMILES string of the molecule is CCOc1ccc(C(C)Nc2ccc(C#N)nc2)cc1. The Labute approximate surface area is 119 Å². The molecule has 1 N–H and O–H groups in total. The molecule has 0 saturated carbocycles. The molecule has 0 aliphatic heterocycles. The van der Waals surface area contributed by atoms with E-state index >= 15 is 0 Å². The number of hydrogen-bond acceptors (Lipinski definition) is 4. The molecule has 0 bridgehead atoms. The van der Waals surface area contributed by atoms with E-state index in [1.807, 2.05) is 43.3 Å². The maximum Gasteiger partial charge on any atom is 0.140 e. The summed E-state index contributed by atoms with van der Waals surface area (Å²) in [6, 6.07) is 13.7. The Kier molecular flexibility index (Phi) is 4.56. The Bertz CT molecular complexity index is 585. The molecule has 0 aliphatic carbocycles. The lowest BCUT2D eigenvalue weighted by Gasteiger charge is -2.16. The lowest BCUT2D eigenvalue weighted by molar-refractivity contribution is 0.340. The van der Waals surface area contributed by atoms with Crippen LogP contribution in [0.25, 0.3) is 0 Å². The van der Waals surface area contributed by atoms with Crippen molar-refractivity contribution in [3.63, 3.8) is 0 Å². The molecule has 0 spiro atoms. The van der Waals surface area contributed by atoms with Crippen LogP contribution in [0.5, 0.6) is 5.75 Å². The van der Waals surface area contributed by atoms with Gasteiger partial charge in [-0.1, -0.05) is 12.1 Å². The highest BCUT2D eigenvalue weighted by Gasteiger charge is 2.06. The first kappa shape index (κ1) is 13.9. The van der Waals surface area contributed by atoms with E-state index < -0.39 is 0 Å². The van der Waals surface area contributed by atoms with Gasteiger partial charge in [0, 0.05) is 6.04 Å². The smallest absolute Gasteiger partial charge is 0.140 e. The number of nitrogens with one attached hydrogen (secondary N) is 1. The monoisotopic (exact) mass is 267 g/mol. The number of aromatic nitrogens is 1. The number of hydrogen-bond donors (Lipinski definition) is 1. The Balaban J connectivity index is 2.03. The lowest BCUT2D eigenvalue weighted by Crippen LogP contribution is -2.07. The van der Waals surface area contributed by atoms with Crippen LogP contribution in [0.4, 0.5) is 5.69 Å². The normalized spacial score (nSPS) is 11.4. The Morgan fingerprint density at radius 3 is 2.55 bits per heavy atom. The van der Waals surface area contributed by atoms with Crippen LogP contribution in [0.3, 0.4) is 0 Å². The molecular formula is C16H17N3O. The van der Waals surface area contributed by atoms with Crippen molar-refractivity contribution in [2.45, 2.75) is 19.9 Å². The highest BCUT2D eigenvalue weighted by Crippen LogP contribution is 2.21. The molecule has 1 aromatic heterocycles. The van der Waals surface area contributed by atoms with Crippen molar-refractivity contribution in [3.05, 3.63) is 53.9 Å². The summed E-state index contributed by atoms with van der Waals surface area (Å²) in [4.78, 5) is 4.04. The molecule has 102 valence electrons. The van der Waals surface area contributed by atoms with Gasteiger partial charge in [0.15, 0.2) is 0 Å². The van der Waals surface area contributed by atoms with Gasteiger partial charge in [0.1, 0.15) is 17.5 Å². The third kappa shape index (κ3) is 3.48. The minimum atomic E-state index is 0.153. The second-order valence-corrected chi connectivity index (χ2v) is 4.41. The van der Waals surface area contributed by atoms with E-state index in [4.69, 9.17) is 10.00 Å². The van der Waals surface area contributed by atoms with Crippen LogP contribution in [-0.2, 0) is 0 Å². The summed E-state index contributed by atoms with van der Waals surface area (Å²) in [7, 11) is 0. The fraction of sp³-hybridized carbons (Fsp3) is 0.250. The van der Waals surface area contributed by atoms with Gasteiger partial charge in [-0.2, -0.15) is 5.26 Å². The van der Waals surface area contributed by atoms with Crippen molar-refractivity contribution in [3.8, 4) is 11.8 Å². The average molecular weight is 267 g/mol. The number of nitrogens with zero attached hydrogens (tertiary/aromatic N) is 2. The van der Waals surface area contributed by atoms with E-state index in [2.05, 4.69) is 17.2 Å². The van der Waals surface area contributed by atoms with Crippen LogP contribution in [0.15, 0.2) is 42.6 Å². The molecule has 1 heterocycles. The first-order valence-corrected chi connectivity index (χ1v) is 6.58. The number of ether oxygens (including phenoxy) is 1. The fourth-order valence-corrected chi connectivity index (χ4v) is 1.90. The summed E-state index contributed by atoms with van der Waals surface area (Å²) in [5.74, 6) is 0.878. The summed E-state index contributed by atoms with van der Waals surface area (Å²) in [5.41, 5.74) is 2.48. The molecule has 0 aliphatic rings. The minimum absolute atomic E-state index is 0.153. The fourth-order valence-electron chi connectivity index (χ4n) is 1.90. The summed E-state index contributed by atoms with van der Waals surface area (Å²) >= 11 is 0. The zero-order chi connectivity index (χ0) is 14.4. The summed E-state index contributed by atoms with van der Waals surface area (Å²) in [6.45, 7) is 4.72. The third-order valence-corrected chi connectivity index (χ3v) is 2.95. The lowest BCUT2D eigenvalue weighted by atomic mass is 10.1. The maximum atomic E-state index is 8.71. The van der Waals surface area contributed by atoms with Crippen molar-refractivity contribution in [2.75, 3.05) is 11.9 Å². The van der Waals surface area contributed by atoms with Crippen molar-refractivity contribution < 1.29 is 4.74 Å². The number of benzene rings is 1. The van der Waals surface area contributed by atoms with Gasteiger partial charge in [-0.05, 0) is 43.7 Å². The van der Waals surface area contributed by atoms with Crippen LogP contribution in [0.2, 0.25) is 0 Å². The Morgan fingerprint density at radius 2 is 2.00 bits per heavy atom. The maximum absolute atomic E-state index is 8.71. The van der Waals surface area contributed by atoms with Crippen LogP contribution in [0.1, 0.15) is 31.1 Å². The molecule has 4 nitrogen and oxygen atoms in total. The zero-order valence-corrected chi connectivity index (χ0v) is 11.6. The molecule has 1 atom stereocenters. The topological polar surface area (TPSA) is 57.9 Å². The van der Waals surface area contributed by atoms with Gasteiger partial charge < -0.3 is 10.1 Å². The molecule has 2 aromatic rings. The predicted molar refractivity (Wildman–Crippen MR) is 78.6 cm³/mol. The van der Waals surface area contributed by atoms with Crippen LogP contribution < -0.4 is 10.1 Å². The van der Waals surface area contributed by atoms with E-state index in [1.165, 1.54) is 0 Å². The van der Waals surface area contributed by atoms with Crippen LogP contribution in [-0.4, -0.2) is 11.6 Å². The average Bonchev–Trinajstić information content (AvgIpc) is 2.49. The third-order valence-electron chi connectivity index (χ3n) is 2.95. The van der Waals surface area contributed by atoms with E-state index in [1.54, 1.807) is 12.3 Å². The van der Waals surface area contributed by atoms with Crippen molar-refractivity contribution >= 4 is 5.69 Å². The highest BCUT2D eigenvalue weighted by molar-refractivity contribution is 5.45. The zero-order valence-electron chi connectivity index (χ0n) is 11.6. The molecule has 0 amide bonds. The van der Waals surface area contributed by atoms with Gasteiger partial charge in [-0.25, -0.2) is 4.98 Å². The second-order valence-electron chi connectivity index (χ2n) is 4.41. The predicted octanol–water partition coefficient (Wildman–Crippen LogP) is 3.53.